The Hall–Kier alpha value is -3.76. The second-order valence-electron chi connectivity index (χ2n) is 9.53. The SMILES string of the molecule is CCCC1=C(C(=O)OCC)[C@H](c2ccc(C(C)C)cc2)n2c(s/c(=C/c3ccc(Sc4ncccn4)o3)c2=O)=N1. The third kappa shape index (κ3) is 5.73. The topological polar surface area (TPSA) is 99.6 Å². The highest BCUT2D eigenvalue weighted by Crippen LogP contribution is 2.33. The van der Waals surface area contributed by atoms with Crippen molar-refractivity contribution in [3.63, 3.8) is 0 Å². The third-order valence-corrected chi connectivity index (χ3v) is 8.22. The first kappa shape index (κ1) is 27.8. The number of rotatable bonds is 9. The summed E-state index contributed by atoms with van der Waals surface area (Å²) in [6, 6.07) is 12.8. The number of hydrogen-bond donors (Lipinski definition) is 0. The van der Waals surface area contributed by atoms with Crippen molar-refractivity contribution in [3.05, 3.63) is 103 Å². The molecule has 4 heterocycles. The van der Waals surface area contributed by atoms with E-state index in [1.54, 1.807) is 42.1 Å². The van der Waals surface area contributed by atoms with Crippen LogP contribution in [0.4, 0.5) is 0 Å². The average molecular weight is 575 g/mol. The zero-order valence-corrected chi connectivity index (χ0v) is 24.4. The monoisotopic (exact) mass is 574 g/mol. The fourth-order valence-corrected chi connectivity index (χ4v) is 6.20. The molecule has 5 rings (SSSR count). The van der Waals surface area contributed by atoms with E-state index in [-0.39, 0.29) is 12.2 Å². The molecule has 1 aliphatic heterocycles. The Morgan fingerprint density at radius 3 is 2.58 bits per heavy atom. The van der Waals surface area contributed by atoms with Crippen LogP contribution in [0.5, 0.6) is 0 Å². The Morgan fingerprint density at radius 1 is 1.15 bits per heavy atom. The summed E-state index contributed by atoms with van der Waals surface area (Å²) in [5.74, 6) is 0.439. The molecule has 0 N–H and O–H groups in total. The molecule has 3 aromatic heterocycles. The molecule has 40 heavy (non-hydrogen) atoms. The van der Waals surface area contributed by atoms with Crippen LogP contribution in [-0.4, -0.2) is 27.1 Å². The van der Waals surface area contributed by atoms with Crippen molar-refractivity contribution in [2.24, 2.45) is 4.99 Å². The maximum Gasteiger partial charge on any atom is 0.338 e. The van der Waals surface area contributed by atoms with Gasteiger partial charge in [0.2, 0.25) is 0 Å². The van der Waals surface area contributed by atoms with Gasteiger partial charge in [-0.1, -0.05) is 62.8 Å². The quantitative estimate of drug-likeness (QED) is 0.199. The van der Waals surface area contributed by atoms with E-state index >= 15 is 0 Å². The van der Waals surface area contributed by atoms with Crippen LogP contribution >= 0.6 is 23.1 Å². The molecule has 4 aromatic rings. The molecule has 0 fully saturated rings. The van der Waals surface area contributed by atoms with E-state index in [1.165, 1.54) is 28.7 Å². The van der Waals surface area contributed by atoms with Crippen molar-refractivity contribution in [2.45, 2.75) is 62.7 Å². The second-order valence-corrected chi connectivity index (χ2v) is 11.5. The fourth-order valence-electron chi connectivity index (χ4n) is 4.52. The van der Waals surface area contributed by atoms with Gasteiger partial charge < -0.3 is 9.15 Å². The number of benzene rings is 1. The van der Waals surface area contributed by atoms with E-state index in [0.29, 0.717) is 49.0 Å². The molecule has 0 amide bonds. The van der Waals surface area contributed by atoms with Crippen molar-refractivity contribution in [1.29, 1.82) is 0 Å². The molecule has 1 atom stereocenters. The van der Waals surface area contributed by atoms with Crippen LogP contribution in [0, 0.1) is 0 Å². The van der Waals surface area contributed by atoms with Crippen molar-refractivity contribution < 1.29 is 13.9 Å². The Labute approximate surface area is 240 Å². The van der Waals surface area contributed by atoms with Crippen LogP contribution in [0.25, 0.3) is 6.08 Å². The van der Waals surface area contributed by atoms with E-state index in [2.05, 4.69) is 35.9 Å². The molecule has 0 radical (unpaired) electrons. The molecule has 0 bridgehead atoms. The number of carbonyl (C=O) groups is 1. The first-order chi connectivity index (χ1) is 19.4. The minimum absolute atomic E-state index is 0.234. The van der Waals surface area contributed by atoms with E-state index in [0.717, 1.165) is 12.0 Å². The van der Waals surface area contributed by atoms with E-state index in [9.17, 15) is 9.59 Å². The Bertz CT molecular complexity index is 1720. The molecule has 206 valence electrons. The molecule has 8 nitrogen and oxygen atoms in total. The number of ether oxygens (including phenoxy) is 1. The first-order valence-corrected chi connectivity index (χ1v) is 14.9. The zero-order valence-electron chi connectivity index (χ0n) is 22.8. The Kier molecular flexibility index (Phi) is 8.46. The lowest BCUT2D eigenvalue weighted by Crippen LogP contribution is -2.40. The summed E-state index contributed by atoms with van der Waals surface area (Å²) < 4.78 is 13.5. The lowest BCUT2D eigenvalue weighted by Gasteiger charge is -2.26. The number of fused-ring (bicyclic) bond motifs is 1. The summed E-state index contributed by atoms with van der Waals surface area (Å²) in [7, 11) is 0. The summed E-state index contributed by atoms with van der Waals surface area (Å²) in [4.78, 5) is 41.0. The maximum atomic E-state index is 13.9. The van der Waals surface area contributed by atoms with Gasteiger partial charge in [0.15, 0.2) is 15.1 Å². The summed E-state index contributed by atoms with van der Waals surface area (Å²) in [5.41, 5.74) is 2.85. The lowest BCUT2D eigenvalue weighted by atomic mass is 9.92. The van der Waals surface area contributed by atoms with Gasteiger partial charge in [0.1, 0.15) is 5.76 Å². The number of thiazole rings is 1. The maximum absolute atomic E-state index is 13.9. The van der Waals surface area contributed by atoms with Gasteiger partial charge in [-0.25, -0.2) is 19.8 Å². The summed E-state index contributed by atoms with van der Waals surface area (Å²) in [5, 5.41) is 1.18. The van der Waals surface area contributed by atoms with E-state index in [4.69, 9.17) is 14.1 Å². The highest BCUT2D eigenvalue weighted by atomic mass is 32.2. The predicted octanol–water partition coefficient (Wildman–Crippen LogP) is 5.24. The van der Waals surface area contributed by atoms with Crippen LogP contribution in [0.1, 0.15) is 69.4 Å². The largest absolute Gasteiger partial charge is 0.463 e. The number of carbonyl (C=O) groups excluding carboxylic acids is 1. The average Bonchev–Trinajstić information content (AvgIpc) is 3.52. The zero-order chi connectivity index (χ0) is 28.2. The van der Waals surface area contributed by atoms with Crippen molar-refractivity contribution in [2.75, 3.05) is 6.61 Å². The van der Waals surface area contributed by atoms with Gasteiger partial charge in [-0.3, -0.25) is 9.36 Å². The van der Waals surface area contributed by atoms with Crippen LogP contribution < -0.4 is 14.9 Å². The van der Waals surface area contributed by atoms with Gasteiger partial charge in [-0.05, 0) is 60.4 Å². The van der Waals surface area contributed by atoms with Crippen LogP contribution in [-0.2, 0) is 9.53 Å². The molecular formula is C30H30N4O4S2. The van der Waals surface area contributed by atoms with E-state index in [1.807, 2.05) is 25.1 Å². The molecular weight excluding hydrogens is 544 g/mol. The Morgan fingerprint density at radius 2 is 1.90 bits per heavy atom. The minimum atomic E-state index is -0.641. The number of hydrogen-bond acceptors (Lipinski definition) is 9. The van der Waals surface area contributed by atoms with Gasteiger partial charge in [0, 0.05) is 18.5 Å². The number of furan rings is 1. The van der Waals surface area contributed by atoms with Crippen molar-refractivity contribution >= 4 is 35.1 Å². The number of nitrogens with zero attached hydrogens (tertiary/aromatic N) is 4. The fraction of sp³-hybridized carbons (Fsp3) is 0.300. The molecule has 1 aromatic carbocycles. The smallest absolute Gasteiger partial charge is 0.338 e. The van der Waals surface area contributed by atoms with E-state index < -0.39 is 12.0 Å². The van der Waals surface area contributed by atoms with Crippen LogP contribution in [0.3, 0.4) is 0 Å². The van der Waals surface area contributed by atoms with Crippen molar-refractivity contribution in [1.82, 2.24) is 14.5 Å². The van der Waals surface area contributed by atoms with Gasteiger partial charge in [0.05, 0.1) is 28.5 Å². The highest BCUT2D eigenvalue weighted by Gasteiger charge is 2.34. The number of allylic oxidation sites excluding steroid dienone is 1. The molecule has 0 saturated heterocycles. The number of aromatic nitrogens is 3. The summed E-state index contributed by atoms with van der Waals surface area (Å²) in [6.07, 6.45) is 6.45. The third-order valence-electron chi connectivity index (χ3n) is 6.42. The highest BCUT2D eigenvalue weighted by molar-refractivity contribution is 7.99. The van der Waals surface area contributed by atoms with Gasteiger partial charge in [-0.2, -0.15) is 0 Å². The molecule has 1 aliphatic rings. The predicted molar refractivity (Wildman–Crippen MR) is 155 cm³/mol. The van der Waals surface area contributed by atoms with Crippen LogP contribution in [0.15, 0.2) is 90.6 Å². The molecule has 0 aliphatic carbocycles. The molecule has 0 saturated carbocycles. The number of esters is 1. The minimum Gasteiger partial charge on any atom is -0.463 e. The lowest BCUT2D eigenvalue weighted by molar-refractivity contribution is -0.139. The molecule has 0 spiro atoms. The van der Waals surface area contributed by atoms with Gasteiger partial charge in [0.25, 0.3) is 5.56 Å². The second kappa shape index (κ2) is 12.2. The van der Waals surface area contributed by atoms with Gasteiger partial charge in [-0.15, -0.1) is 0 Å². The summed E-state index contributed by atoms with van der Waals surface area (Å²) in [6.45, 7) is 8.32. The molecule has 10 heteroatoms. The molecule has 0 unspecified atom stereocenters. The van der Waals surface area contributed by atoms with Gasteiger partial charge >= 0.3 is 5.97 Å². The first-order valence-electron chi connectivity index (χ1n) is 13.3. The standard InChI is InChI=1S/C30H30N4O4S2/c1-5-8-22-25(28(36)37-6-2)26(20-11-9-19(10-12-20)18(3)4)34-27(35)23(39-30(34)33-22)17-21-13-14-24(38-21)40-29-31-15-7-16-32-29/h7,9-18,26H,5-6,8H2,1-4H3/b23-17+/t26-/m0/s1. The van der Waals surface area contributed by atoms with Crippen LogP contribution in [0.2, 0.25) is 0 Å². The normalized spacial score (nSPS) is 15.3. The Balaban J connectivity index is 1.62. The van der Waals surface area contributed by atoms with Crippen molar-refractivity contribution in [3.8, 4) is 0 Å². The summed E-state index contributed by atoms with van der Waals surface area (Å²) >= 11 is 2.58.